The fourth-order valence-electron chi connectivity index (χ4n) is 4.69. The highest BCUT2D eigenvalue weighted by Crippen LogP contribution is 2.63. The lowest BCUT2D eigenvalue weighted by molar-refractivity contribution is 0.145. The van der Waals surface area contributed by atoms with Crippen LogP contribution in [0, 0.1) is 28.6 Å². The van der Waals surface area contributed by atoms with Gasteiger partial charge in [-0.2, -0.15) is 0 Å². The molecule has 0 spiro atoms. The van der Waals surface area contributed by atoms with Crippen molar-refractivity contribution < 1.29 is 0 Å². The first-order valence-electron chi connectivity index (χ1n) is 6.88. The standard InChI is InChI=1S/C15H28/c1-11-14(2,3)12-9-7-6-8-10-13(12)15(11,4)5/h11-13H,6-10H2,1-5H3. The van der Waals surface area contributed by atoms with Gasteiger partial charge in [0, 0.05) is 0 Å². The van der Waals surface area contributed by atoms with Crippen molar-refractivity contribution in [1.29, 1.82) is 0 Å². The van der Waals surface area contributed by atoms with Crippen molar-refractivity contribution in [3.8, 4) is 0 Å². The maximum absolute atomic E-state index is 2.52. The van der Waals surface area contributed by atoms with Gasteiger partial charge in [0.05, 0.1) is 0 Å². The Morgan fingerprint density at radius 1 is 0.733 bits per heavy atom. The Bertz CT molecular complexity index is 212. The zero-order valence-electron chi connectivity index (χ0n) is 11.3. The summed E-state index contributed by atoms with van der Waals surface area (Å²) >= 11 is 0. The third-order valence-electron chi connectivity index (χ3n) is 6.16. The van der Waals surface area contributed by atoms with E-state index in [-0.39, 0.29) is 0 Å². The maximum Gasteiger partial charge on any atom is -0.0292 e. The molecule has 15 heavy (non-hydrogen) atoms. The van der Waals surface area contributed by atoms with Crippen LogP contribution < -0.4 is 0 Å². The Balaban J connectivity index is 2.33. The van der Waals surface area contributed by atoms with Gasteiger partial charge in [0.25, 0.3) is 0 Å². The molecule has 0 saturated heterocycles. The van der Waals surface area contributed by atoms with Crippen LogP contribution in [0.3, 0.4) is 0 Å². The molecule has 2 aliphatic rings. The molecule has 0 aromatic heterocycles. The van der Waals surface area contributed by atoms with Crippen LogP contribution in [-0.4, -0.2) is 0 Å². The van der Waals surface area contributed by atoms with Crippen molar-refractivity contribution in [2.75, 3.05) is 0 Å². The van der Waals surface area contributed by atoms with Gasteiger partial charge in [-0.15, -0.1) is 0 Å². The van der Waals surface area contributed by atoms with E-state index in [2.05, 4.69) is 34.6 Å². The third-order valence-corrected chi connectivity index (χ3v) is 6.16. The van der Waals surface area contributed by atoms with Crippen molar-refractivity contribution in [2.45, 2.75) is 66.7 Å². The van der Waals surface area contributed by atoms with Crippen molar-refractivity contribution in [3.63, 3.8) is 0 Å². The van der Waals surface area contributed by atoms with Crippen LogP contribution in [0.2, 0.25) is 0 Å². The van der Waals surface area contributed by atoms with Gasteiger partial charge < -0.3 is 0 Å². The number of hydrogen-bond acceptors (Lipinski definition) is 0. The van der Waals surface area contributed by atoms with E-state index >= 15 is 0 Å². The Morgan fingerprint density at radius 3 is 1.53 bits per heavy atom. The van der Waals surface area contributed by atoms with E-state index in [0.717, 1.165) is 17.8 Å². The summed E-state index contributed by atoms with van der Waals surface area (Å²) in [6, 6.07) is 0. The summed E-state index contributed by atoms with van der Waals surface area (Å²) in [6.45, 7) is 12.6. The largest absolute Gasteiger partial charge is 0.0615 e. The quantitative estimate of drug-likeness (QED) is 0.532. The molecule has 0 radical (unpaired) electrons. The number of rotatable bonds is 0. The molecule has 0 heterocycles. The lowest BCUT2D eigenvalue weighted by Gasteiger charge is -2.34. The molecule has 2 unspecified atom stereocenters. The van der Waals surface area contributed by atoms with E-state index in [0.29, 0.717) is 10.8 Å². The third kappa shape index (κ3) is 1.56. The summed E-state index contributed by atoms with van der Waals surface area (Å²) in [4.78, 5) is 0. The maximum atomic E-state index is 2.52. The highest BCUT2D eigenvalue weighted by Gasteiger charge is 2.56. The monoisotopic (exact) mass is 208 g/mol. The van der Waals surface area contributed by atoms with E-state index < -0.39 is 0 Å². The Morgan fingerprint density at radius 2 is 1.13 bits per heavy atom. The highest BCUT2D eigenvalue weighted by atomic mass is 14.6. The first-order valence-corrected chi connectivity index (χ1v) is 6.88. The SMILES string of the molecule is CC1C(C)(C)C2CCCCCC2C1(C)C. The van der Waals surface area contributed by atoms with Crippen LogP contribution in [-0.2, 0) is 0 Å². The fraction of sp³-hybridized carbons (Fsp3) is 1.00. The first kappa shape index (κ1) is 11.5. The normalized spacial score (nSPS) is 43.4. The van der Waals surface area contributed by atoms with Gasteiger partial charge in [-0.1, -0.05) is 53.9 Å². The first-order chi connectivity index (χ1) is 6.88. The minimum Gasteiger partial charge on any atom is -0.0615 e. The lowest BCUT2D eigenvalue weighted by atomic mass is 9.71. The van der Waals surface area contributed by atoms with Crippen molar-refractivity contribution in [1.82, 2.24) is 0 Å². The summed E-state index contributed by atoms with van der Waals surface area (Å²) in [5, 5.41) is 0. The summed E-state index contributed by atoms with van der Waals surface area (Å²) in [5.74, 6) is 2.85. The van der Waals surface area contributed by atoms with Crippen LogP contribution in [0.5, 0.6) is 0 Å². The zero-order chi connectivity index (χ0) is 11.3. The molecule has 0 aliphatic heterocycles. The molecule has 2 atom stereocenters. The lowest BCUT2D eigenvalue weighted by Crippen LogP contribution is -2.27. The van der Waals surface area contributed by atoms with Crippen LogP contribution in [0.25, 0.3) is 0 Å². The van der Waals surface area contributed by atoms with Crippen molar-refractivity contribution >= 4 is 0 Å². The van der Waals surface area contributed by atoms with E-state index in [4.69, 9.17) is 0 Å². The zero-order valence-corrected chi connectivity index (χ0v) is 11.3. The highest BCUT2D eigenvalue weighted by molar-refractivity contribution is 5.05. The van der Waals surface area contributed by atoms with Crippen molar-refractivity contribution in [3.05, 3.63) is 0 Å². The van der Waals surface area contributed by atoms with Crippen molar-refractivity contribution in [2.24, 2.45) is 28.6 Å². The second kappa shape index (κ2) is 3.50. The van der Waals surface area contributed by atoms with Gasteiger partial charge in [-0.05, 0) is 41.4 Å². The van der Waals surface area contributed by atoms with Crippen LogP contribution >= 0.6 is 0 Å². The van der Waals surface area contributed by atoms with Crippen LogP contribution in [0.15, 0.2) is 0 Å². The molecule has 0 N–H and O–H groups in total. The molecule has 0 nitrogen and oxygen atoms in total. The predicted octanol–water partition coefficient (Wildman–Crippen LogP) is 4.89. The summed E-state index contributed by atoms with van der Waals surface area (Å²) < 4.78 is 0. The molecule has 0 bridgehead atoms. The minimum absolute atomic E-state index is 0.568. The molecule has 0 amide bonds. The van der Waals surface area contributed by atoms with E-state index in [1.165, 1.54) is 32.1 Å². The Labute approximate surface area is 95.8 Å². The fourth-order valence-corrected chi connectivity index (χ4v) is 4.69. The van der Waals surface area contributed by atoms with E-state index in [9.17, 15) is 0 Å². The Kier molecular flexibility index (Phi) is 2.68. The van der Waals surface area contributed by atoms with Gasteiger partial charge >= 0.3 is 0 Å². The number of hydrogen-bond donors (Lipinski definition) is 0. The minimum atomic E-state index is 0.568. The van der Waals surface area contributed by atoms with Gasteiger partial charge in [0.15, 0.2) is 0 Å². The molecular weight excluding hydrogens is 180 g/mol. The summed E-state index contributed by atoms with van der Waals surface area (Å²) in [5.41, 5.74) is 1.14. The molecule has 0 heteroatoms. The molecule has 2 saturated carbocycles. The summed E-state index contributed by atoms with van der Waals surface area (Å²) in [7, 11) is 0. The Hall–Kier alpha value is 0. The van der Waals surface area contributed by atoms with E-state index in [1.54, 1.807) is 0 Å². The predicted molar refractivity (Wildman–Crippen MR) is 66.8 cm³/mol. The van der Waals surface area contributed by atoms with Crippen LogP contribution in [0.1, 0.15) is 66.7 Å². The average Bonchev–Trinajstić information content (AvgIpc) is 2.42. The molecular formula is C15H28. The summed E-state index contributed by atoms with van der Waals surface area (Å²) in [6.07, 6.45) is 7.42. The second-order valence-electron chi connectivity index (χ2n) is 7.22. The molecule has 0 aromatic carbocycles. The van der Waals surface area contributed by atoms with Gasteiger partial charge in [0.2, 0.25) is 0 Å². The molecule has 2 fully saturated rings. The van der Waals surface area contributed by atoms with Gasteiger partial charge in [-0.25, -0.2) is 0 Å². The molecule has 2 aliphatic carbocycles. The topological polar surface area (TPSA) is 0 Å². The molecule has 0 aromatic rings. The average molecular weight is 208 g/mol. The van der Waals surface area contributed by atoms with Crippen LogP contribution in [0.4, 0.5) is 0 Å². The second-order valence-corrected chi connectivity index (χ2v) is 7.22. The molecule has 2 rings (SSSR count). The van der Waals surface area contributed by atoms with E-state index in [1.807, 2.05) is 0 Å². The smallest absolute Gasteiger partial charge is 0.0292 e. The molecule has 88 valence electrons. The number of fused-ring (bicyclic) bond motifs is 1. The van der Waals surface area contributed by atoms with Gasteiger partial charge in [-0.3, -0.25) is 0 Å². The van der Waals surface area contributed by atoms with Gasteiger partial charge in [0.1, 0.15) is 0 Å².